The quantitative estimate of drug-likeness (QED) is 0.753. The molecule has 2 rings (SSSR count). The lowest BCUT2D eigenvalue weighted by atomic mass is 10.1. The van der Waals surface area contributed by atoms with Crippen LogP contribution in [0.1, 0.15) is 15.9 Å². The summed E-state index contributed by atoms with van der Waals surface area (Å²) in [6, 6.07) is 7.13. The Labute approximate surface area is 99.8 Å². The van der Waals surface area contributed by atoms with Gasteiger partial charge in [0.25, 0.3) is 0 Å². The highest BCUT2D eigenvalue weighted by molar-refractivity contribution is 5.97. The van der Waals surface area contributed by atoms with Crippen molar-refractivity contribution in [2.24, 2.45) is 7.05 Å². The van der Waals surface area contributed by atoms with Crippen molar-refractivity contribution in [2.75, 3.05) is 7.11 Å². The van der Waals surface area contributed by atoms with Crippen LogP contribution in [-0.4, -0.2) is 22.7 Å². The molecular formula is C13H14N2O2. The lowest BCUT2D eigenvalue weighted by Crippen LogP contribution is -2.02. The van der Waals surface area contributed by atoms with Crippen LogP contribution in [0.5, 0.6) is 5.75 Å². The van der Waals surface area contributed by atoms with Crippen LogP contribution in [0.15, 0.2) is 36.7 Å². The third-order valence-electron chi connectivity index (χ3n) is 2.54. The van der Waals surface area contributed by atoms with E-state index in [-0.39, 0.29) is 5.78 Å². The fourth-order valence-corrected chi connectivity index (χ4v) is 1.63. The van der Waals surface area contributed by atoms with Gasteiger partial charge in [-0.15, -0.1) is 0 Å². The summed E-state index contributed by atoms with van der Waals surface area (Å²) in [7, 11) is 3.44. The number of ether oxygens (including phenoxy) is 1. The molecule has 0 aliphatic heterocycles. The van der Waals surface area contributed by atoms with Crippen LogP contribution >= 0.6 is 0 Å². The number of aromatic nitrogens is 2. The average Bonchev–Trinajstić information content (AvgIpc) is 2.75. The second-order valence-electron chi connectivity index (χ2n) is 3.85. The molecule has 0 N–H and O–H groups in total. The molecule has 4 nitrogen and oxygen atoms in total. The molecule has 0 spiro atoms. The molecule has 0 radical (unpaired) electrons. The van der Waals surface area contributed by atoms with Crippen molar-refractivity contribution in [3.63, 3.8) is 0 Å². The third-order valence-corrected chi connectivity index (χ3v) is 2.54. The predicted octanol–water partition coefficient (Wildman–Crippen LogP) is 1.85. The van der Waals surface area contributed by atoms with Gasteiger partial charge in [0.2, 0.25) is 0 Å². The molecule has 0 amide bonds. The van der Waals surface area contributed by atoms with Crippen LogP contribution in [0.25, 0.3) is 0 Å². The van der Waals surface area contributed by atoms with Crippen LogP contribution in [0.2, 0.25) is 0 Å². The van der Waals surface area contributed by atoms with Crippen molar-refractivity contribution >= 4 is 5.78 Å². The van der Waals surface area contributed by atoms with Gasteiger partial charge in [-0.2, -0.15) is 5.10 Å². The minimum Gasteiger partial charge on any atom is -0.497 e. The number of nitrogens with zero attached hydrogens (tertiary/aromatic N) is 2. The zero-order chi connectivity index (χ0) is 12.3. The van der Waals surface area contributed by atoms with E-state index in [1.807, 2.05) is 13.2 Å². The SMILES string of the molecule is COc1ccc(C(=O)Cc2cnn(C)c2)cc1. The Bertz CT molecular complexity index is 514. The van der Waals surface area contributed by atoms with E-state index in [1.165, 1.54) is 0 Å². The molecule has 0 saturated carbocycles. The highest BCUT2D eigenvalue weighted by Gasteiger charge is 2.08. The minimum absolute atomic E-state index is 0.0839. The predicted molar refractivity (Wildman–Crippen MR) is 64.2 cm³/mol. The van der Waals surface area contributed by atoms with E-state index in [4.69, 9.17) is 4.74 Å². The summed E-state index contributed by atoms with van der Waals surface area (Å²) in [6.07, 6.45) is 3.93. The Kier molecular flexibility index (Phi) is 3.23. The van der Waals surface area contributed by atoms with Crippen molar-refractivity contribution in [1.82, 2.24) is 9.78 Å². The van der Waals surface area contributed by atoms with E-state index in [1.54, 1.807) is 42.3 Å². The molecule has 0 saturated heterocycles. The fourth-order valence-electron chi connectivity index (χ4n) is 1.63. The fraction of sp³-hybridized carbons (Fsp3) is 0.231. The zero-order valence-corrected chi connectivity index (χ0v) is 9.88. The molecular weight excluding hydrogens is 216 g/mol. The van der Waals surface area contributed by atoms with Gasteiger partial charge in [0.1, 0.15) is 5.75 Å². The van der Waals surface area contributed by atoms with Gasteiger partial charge in [-0.3, -0.25) is 9.48 Å². The highest BCUT2D eigenvalue weighted by atomic mass is 16.5. The largest absolute Gasteiger partial charge is 0.497 e. The first-order chi connectivity index (χ1) is 8.19. The van der Waals surface area contributed by atoms with Crippen molar-refractivity contribution < 1.29 is 9.53 Å². The molecule has 0 unspecified atom stereocenters. The smallest absolute Gasteiger partial charge is 0.167 e. The van der Waals surface area contributed by atoms with E-state index in [0.717, 1.165) is 11.3 Å². The number of methoxy groups -OCH3 is 1. The number of carbonyl (C=O) groups is 1. The van der Waals surface area contributed by atoms with E-state index in [2.05, 4.69) is 5.10 Å². The lowest BCUT2D eigenvalue weighted by molar-refractivity contribution is 0.0993. The zero-order valence-electron chi connectivity index (χ0n) is 9.88. The Morgan fingerprint density at radius 2 is 2.06 bits per heavy atom. The molecule has 17 heavy (non-hydrogen) atoms. The first-order valence-electron chi connectivity index (χ1n) is 5.34. The number of ketones is 1. The van der Waals surface area contributed by atoms with Crippen LogP contribution < -0.4 is 4.74 Å². The molecule has 0 bridgehead atoms. The van der Waals surface area contributed by atoms with Crippen molar-refractivity contribution in [3.8, 4) is 5.75 Å². The van der Waals surface area contributed by atoms with Gasteiger partial charge in [-0.05, 0) is 29.8 Å². The third kappa shape index (κ3) is 2.72. The molecule has 88 valence electrons. The number of hydrogen-bond acceptors (Lipinski definition) is 3. The molecule has 1 heterocycles. The first kappa shape index (κ1) is 11.4. The number of benzene rings is 1. The Balaban J connectivity index is 2.09. The first-order valence-corrected chi connectivity index (χ1v) is 5.34. The lowest BCUT2D eigenvalue weighted by Gasteiger charge is -2.01. The van der Waals surface area contributed by atoms with Gasteiger partial charge < -0.3 is 4.74 Å². The summed E-state index contributed by atoms with van der Waals surface area (Å²) in [5.74, 6) is 0.837. The summed E-state index contributed by atoms with van der Waals surface area (Å²) in [5, 5.41) is 4.04. The molecule has 1 aromatic carbocycles. The maximum absolute atomic E-state index is 11.9. The summed E-state index contributed by atoms with van der Waals surface area (Å²) in [6.45, 7) is 0. The maximum atomic E-state index is 11.9. The summed E-state index contributed by atoms with van der Waals surface area (Å²) in [4.78, 5) is 11.9. The van der Waals surface area contributed by atoms with Crippen LogP contribution in [0.4, 0.5) is 0 Å². The molecule has 0 aliphatic carbocycles. The second-order valence-corrected chi connectivity index (χ2v) is 3.85. The van der Waals surface area contributed by atoms with Crippen molar-refractivity contribution in [3.05, 3.63) is 47.8 Å². The Morgan fingerprint density at radius 3 is 2.59 bits per heavy atom. The van der Waals surface area contributed by atoms with Gasteiger partial charge in [0.05, 0.1) is 13.3 Å². The Hall–Kier alpha value is -2.10. The Morgan fingerprint density at radius 1 is 1.35 bits per heavy atom. The van der Waals surface area contributed by atoms with Gasteiger partial charge in [0.15, 0.2) is 5.78 Å². The van der Waals surface area contributed by atoms with Crippen LogP contribution in [0.3, 0.4) is 0 Å². The van der Waals surface area contributed by atoms with E-state index in [9.17, 15) is 4.79 Å². The topological polar surface area (TPSA) is 44.1 Å². The normalized spacial score (nSPS) is 10.2. The van der Waals surface area contributed by atoms with E-state index < -0.39 is 0 Å². The molecule has 2 aromatic rings. The molecule has 0 aliphatic rings. The number of hydrogen-bond donors (Lipinski definition) is 0. The number of aryl methyl sites for hydroxylation is 1. The molecule has 1 aromatic heterocycles. The van der Waals surface area contributed by atoms with Gasteiger partial charge in [0, 0.05) is 25.2 Å². The monoisotopic (exact) mass is 230 g/mol. The summed E-state index contributed by atoms with van der Waals surface area (Å²) in [5.41, 5.74) is 1.61. The van der Waals surface area contributed by atoms with Gasteiger partial charge in [-0.25, -0.2) is 0 Å². The molecule has 0 atom stereocenters. The van der Waals surface area contributed by atoms with Crippen molar-refractivity contribution in [1.29, 1.82) is 0 Å². The van der Waals surface area contributed by atoms with Crippen LogP contribution in [0, 0.1) is 0 Å². The van der Waals surface area contributed by atoms with E-state index in [0.29, 0.717) is 12.0 Å². The molecule has 4 heteroatoms. The minimum atomic E-state index is 0.0839. The van der Waals surface area contributed by atoms with Gasteiger partial charge >= 0.3 is 0 Å². The number of rotatable bonds is 4. The summed E-state index contributed by atoms with van der Waals surface area (Å²) >= 11 is 0. The average molecular weight is 230 g/mol. The van der Waals surface area contributed by atoms with Crippen molar-refractivity contribution in [2.45, 2.75) is 6.42 Å². The van der Waals surface area contributed by atoms with Gasteiger partial charge in [-0.1, -0.05) is 0 Å². The van der Waals surface area contributed by atoms with E-state index >= 15 is 0 Å². The number of carbonyl (C=O) groups excluding carboxylic acids is 1. The standard InChI is InChI=1S/C13H14N2O2/c1-15-9-10(8-14-15)7-13(16)11-3-5-12(17-2)6-4-11/h3-6,8-9H,7H2,1-2H3. The summed E-state index contributed by atoms with van der Waals surface area (Å²) < 4.78 is 6.74. The molecule has 0 fully saturated rings. The second kappa shape index (κ2) is 4.82. The maximum Gasteiger partial charge on any atom is 0.167 e. The van der Waals surface area contributed by atoms with Crippen LogP contribution in [-0.2, 0) is 13.5 Å². The highest BCUT2D eigenvalue weighted by Crippen LogP contribution is 2.13. The number of Topliss-reactive ketones (excluding diaryl/α,β-unsaturated/α-hetero) is 1.